The first kappa shape index (κ1) is 11.0. The molecule has 76 valence electrons. The van der Waals surface area contributed by atoms with Crippen molar-refractivity contribution in [2.24, 2.45) is 0 Å². The average Bonchev–Trinajstić information content (AvgIpc) is 2.02. The quantitative estimate of drug-likeness (QED) is 0.896. The van der Waals surface area contributed by atoms with E-state index < -0.39 is 23.3 Å². The number of carbonyl (C=O) groups is 1. The monoisotopic (exact) mass is 268 g/mol. The third kappa shape index (κ3) is 1.89. The van der Waals surface area contributed by atoms with E-state index in [2.05, 4.69) is 15.9 Å². The number of benzene rings is 1. The zero-order valence-corrected chi connectivity index (χ0v) is 8.19. The highest BCUT2D eigenvalue weighted by Crippen LogP contribution is 2.31. The Morgan fingerprint density at radius 3 is 2.43 bits per heavy atom. The Hall–Kier alpha value is -1.04. The van der Waals surface area contributed by atoms with Crippen LogP contribution < -0.4 is 0 Å². The zero-order chi connectivity index (χ0) is 10.9. The fourth-order valence-electron chi connectivity index (χ4n) is 0.859. The molecule has 0 aliphatic heterocycles. The summed E-state index contributed by atoms with van der Waals surface area (Å²) in [7, 11) is 0. The van der Waals surface area contributed by atoms with Gasteiger partial charge in [0.25, 0.3) is 0 Å². The Kier molecular flexibility index (Phi) is 2.84. The topological polar surface area (TPSA) is 37.3 Å². The largest absolute Gasteiger partial charge is 0.477 e. The lowest BCUT2D eigenvalue weighted by Gasteiger charge is -2.11. The molecule has 0 amide bonds. The molecule has 6 heteroatoms. The second-order valence-corrected chi connectivity index (χ2v) is 3.42. The van der Waals surface area contributed by atoms with E-state index in [4.69, 9.17) is 5.11 Å². The van der Waals surface area contributed by atoms with E-state index in [1.54, 1.807) is 0 Å². The van der Waals surface area contributed by atoms with E-state index in [0.29, 0.717) is 0 Å². The minimum Gasteiger partial charge on any atom is -0.477 e. The van der Waals surface area contributed by atoms with Crippen LogP contribution in [0.15, 0.2) is 22.7 Å². The molecule has 0 aromatic heterocycles. The van der Waals surface area contributed by atoms with Gasteiger partial charge >= 0.3 is 11.9 Å². The van der Waals surface area contributed by atoms with Crippen LogP contribution in [-0.4, -0.2) is 11.1 Å². The SMILES string of the molecule is O=C(O)C(F)(F)c1ccc(Br)cc1F. The van der Waals surface area contributed by atoms with E-state index in [1.165, 1.54) is 0 Å². The second-order valence-electron chi connectivity index (χ2n) is 2.50. The molecule has 0 heterocycles. The van der Waals surface area contributed by atoms with Crippen molar-refractivity contribution in [2.45, 2.75) is 5.92 Å². The lowest BCUT2D eigenvalue weighted by Crippen LogP contribution is -2.26. The number of aliphatic carboxylic acids is 1. The molecular formula is C8H4BrF3O2. The molecule has 0 saturated heterocycles. The van der Waals surface area contributed by atoms with Crippen LogP contribution in [0, 0.1) is 5.82 Å². The number of hydrogen-bond donors (Lipinski definition) is 1. The Bertz CT molecular complexity index is 379. The zero-order valence-electron chi connectivity index (χ0n) is 6.60. The fraction of sp³-hybridized carbons (Fsp3) is 0.125. The molecule has 1 N–H and O–H groups in total. The van der Waals surface area contributed by atoms with Crippen LogP contribution in [0.4, 0.5) is 13.2 Å². The predicted octanol–water partition coefficient (Wildman–Crippen LogP) is 2.76. The maximum Gasteiger partial charge on any atom is 0.379 e. The predicted molar refractivity (Wildman–Crippen MR) is 45.6 cm³/mol. The smallest absolute Gasteiger partial charge is 0.379 e. The number of carboxylic acid groups (broad SMARTS) is 1. The molecule has 0 atom stereocenters. The van der Waals surface area contributed by atoms with Crippen LogP contribution in [0.2, 0.25) is 0 Å². The Morgan fingerprint density at radius 2 is 2.00 bits per heavy atom. The van der Waals surface area contributed by atoms with E-state index in [1.807, 2.05) is 0 Å². The van der Waals surface area contributed by atoms with Crippen molar-refractivity contribution < 1.29 is 23.1 Å². The van der Waals surface area contributed by atoms with Gasteiger partial charge in [-0.15, -0.1) is 0 Å². The number of halogens is 4. The van der Waals surface area contributed by atoms with Crippen LogP contribution in [0.1, 0.15) is 5.56 Å². The van der Waals surface area contributed by atoms with Gasteiger partial charge in [0.1, 0.15) is 5.82 Å². The van der Waals surface area contributed by atoms with Gasteiger partial charge in [0, 0.05) is 4.47 Å². The molecule has 0 saturated carbocycles. The van der Waals surface area contributed by atoms with Crippen molar-refractivity contribution in [3.8, 4) is 0 Å². The summed E-state index contributed by atoms with van der Waals surface area (Å²) < 4.78 is 38.8. The molecule has 0 bridgehead atoms. The maximum absolute atomic E-state index is 12.9. The van der Waals surface area contributed by atoms with Crippen LogP contribution in [0.5, 0.6) is 0 Å². The summed E-state index contributed by atoms with van der Waals surface area (Å²) in [5.74, 6) is -7.84. The molecule has 1 aromatic rings. The number of carboxylic acids is 1. The van der Waals surface area contributed by atoms with Crippen molar-refractivity contribution in [3.63, 3.8) is 0 Å². The molecule has 2 nitrogen and oxygen atoms in total. The van der Waals surface area contributed by atoms with Gasteiger partial charge in [-0.25, -0.2) is 9.18 Å². The van der Waals surface area contributed by atoms with Crippen LogP contribution in [-0.2, 0) is 10.7 Å². The number of alkyl halides is 2. The van der Waals surface area contributed by atoms with Gasteiger partial charge in [0.05, 0.1) is 5.56 Å². The van der Waals surface area contributed by atoms with Crippen LogP contribution in [0.25, 0.3) is 0 Å². The molecule has 14 heavy (non-hydrogen) atoms. The highest BCUT2D eigenvalue weighted by Gasteiger charge is 2.43. The molecule has 0 aliphatic rings. The molecule has 1 aromatic carbocycles. The van der Waals surface area contributed by atoms with Gasteiger partial charge in [-0.1, -0.05) is 15.9 Å². The van der Waals surface area contributed by atoms with Crippen LogP contribution in [0.3, 0.4) is 0 Å². The first-order valence-corrected chi connectivity index (χ1v) is 4.21. The first-order chi connectivity index (χ1) is 6.35. The normalized spacial score (nSPS) is 11.4. The maximum atomic E-state index is 12.9. The highest BCUT2D eigenvalue weighted by atomic mass is 79.9. The molecule has 0 fully saturated rings. The summed E-state index contributed by atoms with van der Waals surface area (Å²) in [6, 6.07) is 2.66. The lowest BCUT2D eigenvalue weighted by atomic mass is 10.1. The van der Waals surface area contributed by atoms with E-state index in [-0.39, 0.29) is 4.47 Å². The third-order valence-electron chi connectivity index (χ3n) is 1.54. The Labute approximate surface area is 85.5 Å². The van der Waals surface area contributed by atoms with Gasteiger partial charge in [0.15, 0.2) is 0 Å². The minimum atomic E-state index is -4.20. The van der Waals surface area contributed by atoms with Crippen molar-refractivity contribution in [3.05, 3.63) is 34.1 Å². The molecule has 0 aliphatic carbocycles. The van der Waals surface area contributed by atoms with E-state index in [0.717, 1.165) is 18.2 Å². The standard InChI is InChI=1S/C8H4BrF3O2/c9-4-1-2-5(6(10)3-4)8(11,12)7(13)14/h1-3H,(H,13,14). The van der Waals surface area contributed by atoms with Crippen molar-refractivity contribution in [1.29, 1.82) is 0 Å². The average molecular weight is 269 g/mol. The van der Waals surface area contributed by atoms with Gasteiger partial charge < -0.3 is 5.11 Å². The summed E-state index contributed by atoms with van der Waals surface area (Å²) in [4.78, 5) is 10.1. The summed E-state index contributed by atoms with van der Waals surface area (Å²) in [5.41, 5.74) is -1.15. The molecular weight excluding hydrogens is 265 g/mol. The highest BCUT2D eigenvalue weighted by molar-refractivity contribution is 9.10. The summed E-state index contributed by atoms with van der Waals surface area (Å²) >= 11 is 2.87. The molecule has 0 unspecified atom stereocenters. The Morgan fingerprint density at radius 1 is 1.43 bits per heavy atom. The molecule has 1 rings (SSSR count). The fourth-order valence-corrected chi connectivity index (χ4v) is 1.19. The van der Waals surface area contributed by atoms with Crippen molar-refractivity contribution >= 4 is 21.9 Å². The second kappa shape index (κ2) is 3.61. The molecule has 0 spiro atoms. The summed E-state index contributed by atoms with van der Waals surface area (Å²) in [6.45, 7) is 0. The van der Waals surface area contributed by atoms with Crippen molar-refractivity contribution in [1.82, 2.24) is 0 Å². The van der Waals surface area contributed by atoms with E-state index >= 15 is 0 Å². The van der Waals surface area contributed by atoms with Gasteiger partial charge in [0.2, 0.25) is 0 Å². The van der Waals surface area contributed by atoms with E-state index in [9.17, 15) is 18.0 Å². The number of rotatable bonds is 2. The minimum absolute atomic E-state index is 0.264. The van der Waals surface area contributed by atoms with Crippen LogP contribution >= 0.6 is 15.9 Å². The number of hydrogen-bond acceptors (Lipinski definition) is 1. The summed E-state index contributed by atoms with van der Waals surface area (Å²) in [6.07, 6.45) is 0. The van der Waals surface area contributed by atoms with Gasteiger partial charge in [-0.3, -0.25) is 0 Å². The van der Waals surface area contributed by atoms with Gasteiger partial charge in [-0.05, 0) is 18.2 Å². The lowest BCUT2D eigenvalue weighted by molar-refractivity contribution is -0.166. The van der Waals surface area contributed by atoms with Crippen molar-refractivity contribution in [2.75, 3.05) is 0 Å². The summed E-state index contributed by atoms with van der Waals surface area (Å²) in [5, 5.41) is 8.16. The first-order valence-electron chi connectivity index (χ1n) is 3.42. The molecule has 0 radical (unpaired) electrons. The third-order valence-corrected chi connectivity index (χ3v) is 2.03. The Balaban J connectivity index is 3.26. The van der Waals surface area contributed by atoms with Gasteiger partial charge in [-0.2, -0.15) is 8.78 Å².